The van der Waals surface area contributed by atoms with Crippen LogP contribution in [0.15, 0.2) is 42.5 Å². The van der Waals surface area contributed by atoms with E-state index < -0.39 is 17.7 Å². The first kappa shape index (κ1) is 16.2. The lowest BCUT2D eigenvalue weighted by Crippen LogP contribution is -2.04. The van der Waals surface area contributed by atoms with Crippen LogP contribution in [0.5, 0.6) is 11.5 Å². The summed E-state index contributed by atoms with van der Waals surface area (Å²) in [6.07, 6.45) is -4.67. The molecule has 1 N–H and O–H groups in total. The van der Waals surface area contributed by atoms with Crippen molar-refractivity contribution in [3.05, 3.63) is 58.6 Å². The number of hydrogen-bond donors (Lipinski definition) is 1. The summed E-state index contributed by atoms with van der Waals surface area (Å²) in [5.41, 5.74) is -0.363. The topological polar surface area (TPSA) is 46.5 Å². The van der Waals surface area contributed by atoms with E-state index in [-0.39, 0.29) is 17.2 Å². The van der Waals surface area contributed by atoms with Gasteiger partial charge in [0.1, 0.15) is 11.5 Å². The van der Waals surface area contributed by atoms with Gasteiger partial charge in [0.05, 0.1) is 17.0 Å². The highest BCUT2D eigenvalue weighted by molar-refractivity contribution is 6.32. The van der Waals surface area contributed by atoms with Crippen LogP contribution in [0.4, 0.5) is 13.2 Å². The number of aliphatic carboxylic acids is 1. The maximum Gasteiger partial charge on any atom is 0.416 e. The number of ether oxygens (including phenoxy) is 1. The normalized spacial score (nSPS) is 11.3. The summed E-state index contributed by atoms with van der Waals surface area (Å²) in [5, 5.41) is 8.55. The number of halogens is 4. The third-order valence-electron chi connectivity index (χ3n) is 2.74. The van der Waals surface area contributed by atoms with Crippen molar-refractivity contribution in [1.82, 2.24) is 0 Å². The van der Waals surface area contributed by atoms with Gasteiger partial charge in [0.25, 0.3) is 0 Å². The molecule has 0 aliphatic carbocycles. The molecule has 0 spiro atoms. The minimum absolute atomic E-state index is 0.0575. The van der Waals surface area contributed by atoms with Gasteiger partial charge in [0.2, 0.25) is 0 Å². The van der Waals surface area contributed by atoms with Gasteiger partial charge in [-0.1, -0.05) is 23.7 Å². The van der Waals surface area contributed by atoms with Gasteiger partial charge in [-0.05, 0) is 35.9 Å². The van der Waals surface area contributed by atoms with Crippen LogP contribution in [0.1, 0.15) is 11.1 Å². The highest BCUT2D eigenvalue weighted by Crippen LogP contribution is 2.36. The Labute approximate surface area is 128 Å². The van der Waals surface area contributed by atoms with Gasteiger partial charge >= 0.3 is 12.1 Å². The van der Waals surface area contributed by atoms with Gasteiger partial charge in [-0.3, -0.25) is 4.79 Å². The molecule has 2 aromatic rings. The zero-order chi connectivity index (χ0) is 16.3. The van der Waals surface area contributed by atoms with Gasteiger partial charge in [-0.25, -0.2) is 0 Å². The van der Waals surface area contributed by atoms with Crippen molar-refractivity contribution in [3.63, 3.8) is 0 Å². The molecule has 0 unspecified atom stereocenters. The fraction of sp³-hybridized carbons (Fsp3) is 0.133. The van der Waals surface area contributed by atoms with Gasteiger partial charge in [0, 0.05) is 0 Å². The number of alkyl halides is 3. The average Bonchev–Trinajstić information content (AvgIpc) is 2.39. The van der Waals surface area contributed by atoms with Crippen molar-refractivity contribution < 1.29 is 27.8 Å². The van der Waals surface area contributed by atoms with Crippen molar-refractivity contribution in [3.8, 4) is 11.5 Å². The Hall–Kier alpha value is -2.21. The van der Waals surface area contributed by atoms with Crippen LogP contribution < -0.4 is 4.74 Å². The highest BCUT2D eigenvalue weighted by atomic mass is 35.5. The van der Waals surface area contributed by atoms with E-state index in [1.807, 2.05) is 0 Å². The van der Waals surface area contributed by atoms with E-state index in [9.17, 15) is 18.0 Å². The van der Waals surface area contributed by atoms with Crippen molar-refractivity contribution >= 4 is 17.6 Å². The molecule has 0 aliphatic rings. The molecule has 0 saturated carbocycles. The Morgan fingerprint density at radius 2 is 1.91 bits per heavy atom. The van der Waals surface area contributed by atoms with Crippen LogP contribution in [0, 0.1) is 0 Å². The summed E-state index contributed by atoms with van der Waals surface area (Å²) in [7, 11) is 0. The van der Waals surface area contributed by atoms with E-state index in [0.29, 0.717) is 11.3 Å². The largest absolute Gasteiger partial charge is 0.481 e. The van der Waals surface area contributed by atoms with E-state index in [1.54, 1.807) is 18.2 Å². The first-order valence-corrected chi connectivity index (χ1v) is 6.49. The quantitative estimate of drug-likeness (QED) is 0.877. The summed E-state index contributed by atoms with van der Waals surface area (Å²) >= 11 is 5.79. The zero-order valence-electron chi connectivity index (χ0n) is 11.0. The van der Waals surface area contributed by atoms with E-state index in [0.717, 1.165) is 18.2 Å². The number of carboxylic acid groups (broad SMARTS) is 1. The maximum absolute atomic E-state index is 12.5. The molecule has 22 heavy (non-hydrogen) atoms. The van der Waals surface area contributed by atoms with Crippen LogP contribution in [0.3, 0.4) is 0 Å². The molecule has 2 aromatic carbocycles. The molecule has 116 valence electrons. The molecular weight excluding hydrogens is 321 g/mol. The number of rotatable bonds is 4. The fourth-order valence-electron chi connectivity index (χ4n) is 1.78. The average molecular weight is 331 g/mol. The second kappa shape index (κ2) is 6.27. The molecule has 0 bridgehead atoms. The van der Waals surface area contributed by atoms with Crippen LogP contribution in [-0.4, -0.2) is 11.1 Å². The first-order chi connectivity index (χ1) is 10.3. The van der Waals surface area contributed by atoms with E-state index in [2.05, 4.69) is 0 Å². The molecule has 0 radical (unpaired) electrons. The molecule has 0 aromatic heterocycles. The van der Waals surface area contributed by atoms with Crippen LogP contribution in [0.2, 0.25) is 5.02 Å². The van der Waals surface area contributed by atoms with E-state index in [4.69, 9.17) is 21.4 Å². The second-order valence-electron chi connectivity index (χ2n) is 4.46. The molecule has 0 fully saturated rings. The SMILES string of the molecule is O=C(O)Cc1cccc(Oc2ccc(C(F)(F)F)cc2Cl)c1. The van der Waals surface area contributed by atoms with Gasteiger partial charge in [-0.15, -0.1) is 0 Å². The Bertz CT molecular complexity index is 699. The zero-order valence-corrected chi connectivity index (χ0v) is 11.8. The molecule has 7 heteroatoms. The molecule has 0 heterocycles. The van der Waals surface area contributed by atoms with Crippen LogP contribution in [-0.2, 0) is 17.4 Å². The van der Waals surface area contributed by atoms with Gasteiger partial charge in [0.15, 0.2) is 0 Å². The fourth-order valence-corrected chi connectivity index (χ4v) is 2.00. The second-order valence-corrected chi connectivity index (χ2v) is 4.87. The molecule has 0 saturated heterocycles. The van der Waals surface area contributed by atoms with E-state index in [1.165, 1.54) is 6.07 Å². The third-order valence-corrected chi connectivity index (χ3v) is 3.04. The predicted molar refractivity (Wildman–Crippen MR) is 74.3 cm³/mol. The smallest absolute Gasteiger partial charge is 0.416 e. The van der Waals surface area contributed by atoms with Crippen molar-refractivity contribution in [2.24, 2.45) is 0 Å². The molecule has 3 nitrogen and oxygen atoms in total. The lowest BCUT2D eigenvalue weighted by molar-refractivity contribution is -0.138. The first-order valence-electron chi connectivity index (χ1n) is 6.11. The molecular formula is C15H10ClF3O3. The minimum atomic E-state index is -4.48. The van der Waals surface area contributed by atoms with Crippen LogP contribution in [0.25, 0.3) is 0 Å². The number of carbonyl (C=O) groups is 1. The summed E-state index contributed by atoms with van der Waals surface area (Å²) in [4.78, 5) is 10.7. The molecule has 0 aliphatic heterocycles. The number of hydrogen-bond acceptors (Lipinski definition) is 2. The monoisotopic (exact) mass is 330 g/mol. The summed E-state index contributed by atoms with van der Waals surface area (Å²) < 4.78 is 43.0. The Balaban J connectivity index is 2.22. The Morgan fingerprint density at radius 3 is 2.50 bits per heavy atom. The Kier molecular flexibility index (Phi) is 4.61. The molecule has 0 amide bonds. The summed E-state index contributed by atoms with van der Waals surface area (Å²) in [6.45, 7) is 0. The maximum atomic E-state index is 12.5. The van der Waals surface area contributed by atoms with Gasteiger partial charge in [-0.2, -0.15) is 13.2 Å². The van der Waals surface area contributed by atoms with Crippen molar-refractivity contribution in [1.29, 1.82) is 0 Å². The predicted octanol–water partition coefficient (Wildman–Crippen LogP) is 4.78. The lowest BCUT2D eigenvalue weighted by Gasteiger charge is -2.11. The lowest BCUT2D eigenvalue weighted by atomic mass is 10.1. The van der Waals surface area contributed by atoms with Gasteiger partial charge < -0.3 is 9.84 Å². The number of carboxylic acids is 1. The summed E-state index contributed by atoms with van der Waals surface area (Å²) in [5.74, 6) is -0.646. The minimum Gasteiger partial charge on any atom is -0.481 e. The number of benzene rings is 2. The highest BCUT2D eigenvalue weighted by Gasteiger charge is 2.31. The molecule has 0 atom stereocenters. The van der Waals surface area contributed by atoms with Crippen LogP contribution >= 0.6 is 11.6 Å². The molecule has 2 rings (SSSR count). The summed E-state index contributed by atoms with van der Waals surface area (Å²) in [6, 6.07) is 9.00. The van der Waals surface area contributed by atoms with Crippen molar-refractivity contribution in [2.45, 2.75) is 12.6 Å². The van der Waals surface area contributed by atoms with Crippen molar-refractivity contribution in [2.75, 3.05) is 0 Å². The van der Waals surface area contributed by atoms with E-state index >= 15 is 0 Å². The third kappa shape index (κ3) is 4.14. The standard InChI is InChI=1S/C15H10ClF3O3/c16-12-8-10(15(17,18)19)4-5-13(12)22-11-3-1-2-9(6-11)7-14(20)21/h1-6,8H,7H2,(H,20,21). The Morgan fingerprint density at radius 1 is 1.18 bits per heavy atom.